The molecule has 0 atom stereocenters. The van der Waals surface area contributed by atoms with E-state index in [1.54, 1.807) is 0 Å². The molecule has 0 spiro atoms. The Hall–Kier alpha value is 0.832. The van der Waals surface area contributed by atoms with Gasteiger partial charge in [0, 0.05) is 0 Å². The van der Waals surface area contributed by atoms with Crippen molar-refractivity contribution in [2.45, 2.75) is 25.9 Å². The van der Waals surface area contributed by atoms with E-state index >= 15 is 0 Å². The van der Waals surface area contributed by atoms with E-state index in [4.69, 9.17) is 0 Å². The van der Waals surface area contributed by atoms with Crippen molar-refractivity contribution in [3.8, 4) is 0 Å². The second-order valence-corrected chi connectivity index (χ2v) is 4.64. The summed E-state index contributed by atoms with van der Waals surface area (Å²) in [5.74, 6) is 0. The van der Waals surface area contributed by atoms with Gasteiger partial charge in [0.1, 0.15) is 0 Å². The minimum absolute atomic E-state index is 0.458. The average molecular weight is 140 g/mol. The van der Waals surface area contributed by atoms with Gasteiger partial charge < -0.3 is 0 Å². The van der Waals surface area contributed by atoms with E-state index in [0.717, 1.165) is 0 Å². The summed E-state index contributed by atoms with van der Waals surface area (Å²) in [5.41, 5.74) is 0. The first-order valence-corrected chi connectivity index (χ1v) is 4.43. The van der Waals surface area contributed by atoms with E-state index in [9.17, 15) is 0 Å². The van der Waals surface area contributed by atoms with E-state index in [1.165, 1.54) is 6.78 Å². The third-order valence-electron chi connectivity index (χ3n) is 0.274. The Morgan fingerprint density at radius 1 is 1.33 bits per heavy atom. The van der Waals surface area contributed by atoms with Crippen LogP contribution in [0.4, 0.5) is 0 Å². The van der Waals surface area contributed by atoms with Crippen LogP contribution in [-0.2, 0) is 15.4 Å². The summed E-state index contributed by atoms with van der Waals surface area (Å²) in [7, 11) is 0. The molecule has 0 saturated carbocycles. The van der Waals surface area contributed by atoms with Crippen molar-refractivity contribution in [3.05, 3.63) is 0 Å². The van der Waals surface area contributed by atoms with Crippen molar-refractivity contribution in [1.82, 2.24) is 0 Å². The first kappa shape index (κ1) is 6.83. The van der Waals surface area contributed by atoms with Gasteiger partial charge in [0.25, 0.3) is 0 Å². The molecule has 2 heteroatoms. The molecule has 0 rings (SSSR count). The van der Waals surface area contributed by atoms with Crippen molar-refractivity contribution in [2.24, 2.45) is 0 Å². The van der Waals surface area contributed by atoms with Gasteiger partial charge in [-0.3, -0.25) is 0 Å². The van der Waals surface area contributed by atoms with Crippen LogP contribution in [0.1, 0.15) is 20.8 Å². The minimum atomic E-state index is 0.458. The normalized spacial score (nSPS) is 12.5. The van der Waals surface area contributed by atoms with Crippen LogP contribution in [0.15, 0.2) is 0 Å². The first-order valence-electron chi connectivity index (χ1n) is 1.91. The Morgan fingerprint density at radius 2 is 1.50 bits per heavy atom. The molecule has 0 fully saturated rings. The van der Waals surface area contributed by atoms with Crippen LogP contribution in [-0.4, -0.2) is 5.16 Å². The van der Waals surface area contributed by atoms with E-state index in [2.05, 4.69) is 36.1 Å². The SMILES string of the molecule is CC(C)(C)[P]=[Cr]. The van der Waals surface area contributed by atoms with Crippen LogP contribution in [0.5, 0.6) is 0 Å². The van der Waals surface area contributed by atoms with Crippen molar-refractivity contribution < 1.29 is 15.4 Å². The number of hydrogen-bond acceptors (Lipinski definition) is 0. The fraction of sp³-hybridized carbons (Fsp3) is 1.00. The third-order valence-corrected chi connectivity index (χ3v) is 3.39. The molecule has 0 amide bonds. The summed E-state index contributed by atoms with van der Waals surface area (Å²) in [4.78, 5) is 0. The maximum absolute atomic E-state index is 2.95. The molecule has 0 radical (unpaired) electrons. The molecule has 6 heavy (non-hydrogen) atoms. The molecule has 0 unspecified atom stereocenters. The van der Waals surface area contributed by atoms with Gasteiger partial charge in [-0.1, -0.05) is 0 Å². The monoisotopic (exact) mass is 140 g/mol. The average Bonchev–Trinajstić information content (AvgIpc) is 1.35. The summed E-state index contributed by atoms with van der Waals surface area (Å²) < 4.78 is 0. The molecule has 0 aromatic carbocycles. The van der Waals surface area contributed by atoms with Crippen LogP contribution in [0.3, 0.4) is 0 Å². The van der Waals surface area contributed by atoms with E-state index in [0.29, 0.717) is 5.16 Å². The zero-order chi connectivity index (χ0) is 5.21. The number of rotatable bonds is 0. The van der Waals surface area contributed by atoms with Crippen LogP contribution >= 0.6 is 6.78 Å². The molecular weight excluding hydrogens is 131 g/mol. The Kier molecular flexibility index (Phi) is 2.53. The Labute approximate surface area is 48.6 Å². The molecule has 0 aliphatic rings. The summed E-state index contributed by atoms with van der Waals surface area (Å²) in [6.07, 6.45) is 0. The maximum atomic E-state index is 2.95. The molecule has 0 aliphatic carbocycles. The fourth-order valence-electron chi connectivity index (χ4n) is 0. The summed E-state index contributed by atoms with van der Waals surface area (Å²) in [6, 6.07) is 0. The van der Waals surface area contributed by atoms with E-state index in [1.807, 2.05) is 0 Å². The van der Waals surface area contributed by atoms with Crippen molar-refractivity contribution in [3.63, 3.8) is 0 Å². The molecule has 0 bridgehead atoms. The van der Waals surface area contributed by atoms with Gasteiger partial charge in [0.15, 0.2) is 0 Å². The van der Waals surface area contributed by atoms with Gasteiger partial charge in [0.2, 0.25) is 0 Å². The summed E-state index contributed by atoms with van der Waals surface area (Å²) in [5, 5.41) is 0.458. The third kappa shape index (κ3) is 4.83. The second kappa shape index (κ2) is 2.22. The molecule has 0 aliphatic heterocycles. The van der Waals surface area contributed by atoms with E-state index < -0.39 is 0 Å². The Balaban J connectivity index is 3.45. The van der Waals surface area contributed by atoms with Gasteiger partial charge in [-0.2, -0.15) is 0 Å². The number of hydrogen-bond donors (Lipinski definition) is 0. The standard InChI is InChI=1S/C4H9P.Cr/c1-4(2,3)5;/h1-3H3;. The fourth-order valence-corrected chi connectivity index (χ4v) is 0. The van der Waals surface area contributed by atoms with Crippen LogP contribution in [0.25, 0.3) is 0 Å². The van der Waals surface area contributed by atoms with Gasteiger partial charge in [-0.05, 0) is 0 Å². The van der Waals surface area contributed by atoms with Gasteiger partial charge in [0.05, 0.1) is 0 Å². The molecule has 0 N–H and O–H groups in total. The topological polar surface area (TPSA) is 0 Å². The Morgan fingerprint density at radius 3 is 1.50 bits per heavy atom. The van der Waals surface area contributed by atoms with E-state index in [-0.39, 0.29) is 0 Å². The predicted octanol–water partition coefficient (Wildman–Crippen LogP) is 2.19. The van der Waals surface area contributed by atoms with Crippen LogP contribution < -0.4 is 0 Å². The van der Waals surface area contributed by atoms with Gasteiger partial charge in [-0.15, -0.1) is 0 Å². The molecule has 0 aromatic heterocycles. The van der Waals surface area contributed by atoms with Gasteiger partial charge in [-0.25, -0.2) is 0 Å². The zero-order valence-corrected chi connectivity index (χ0v) is 6.52. The molecule has 0 saturated heterocycles. The molecule has 0 aromatic rings. The van der Waals surface area contributed by atoms with Crippen molar-refractivity contribution in [1.29, 1.82) is 0 Å². The summed E-state index contributed by atoms with van der Waals surface area (Å²) in [6.45, 7) is 7.95. The molecule has 36 valence electrons. The predicted molar refractivity (Wildman–Crippen MR) is 26.7 cm³/mol. The van der Waals surface area contributed by atoms with Crippen molar-refractivity contribution in [2.75, 3.05) is 0 Å². The quantitative estimate of drug-likeness (QED) is 0.452. The molecule has 0 nitrogen and oxygen atoms in total. The Bertz CT molecular complexity index is 53.1. The molecule has 0 heterocycles. The molecular formula is C4H9CrP. The summed E-state index contributed by atoms with van der Waals surface area (Å²) >= 11 is 2.95. The first-order chi connectivity index (χ1) is 2.56. The van der Waals surface area contributed by atoms with Crippen molar-refractivity contribution >= 4 is 6.78 Å². The van der Waals surface area contributed by atoms with Gasteiger partial charge >= 0.3 is 48.1 Å². The van der Waals surface area contributed by atoms with Crippen LogP contribution in [0, 0.1) is 0 Å². The van der Waals surface area contributed by atoms with Crippen LogP contribution in [0.2, 0.25) is 0 Å². The second-order valence-electron chi connectivity index (χ2n) is 2.26. The zero-order valence-electron chi connectivity index (χ0n) is 4.36.